The number of nitrogens with one attached hydrogen (secondary N) is 3. The van der Waals surface area contributed by atoms with Crippen LogP contribution in [0, 0.1) is 0 Å². The van der Waals surface area contributed by atoms with E-state index in [2.05, 4.69) is 56.9 Å². The zero-order chi connectivity index (χ0) is 17.8. The van der Waals surface area contributed by atoms with Crippen LogP contribution in [0.2, 0.25) is 0 Å². The molecule has 6 unspecified atom stereocenters. The van der Waals surface area contributed by atoms with E-state index in [1.54, 1.807) is 0 Å². The molecule has 0 radical (unpaired) electrons. The first kappa shape index (κ1) is 17.8. The van der Waals surface area contributed by atoms with E-state index in [1.807, 2.05) is 0 Å². The van der Waals surface area contributed by atoms with E-state index in [-0.39, 0.29) is 0 Å². The van der Waals surface area contributed by atoms with E-state index in [0.717, 1.165) is 6.54 Å². The third-order valence-electron chi connectivity index (χ3n) is 7.54. The van der Waals surface area contributed by atoms with Gasteiger partial charge in [0.05, 0.1) is 12.3 Å². The second-order valence-electron chi connectivity index (χ2n) is 9.36. The maximum absolute atomic E-state index is 4.04. The third-order valence-corrected chi connectivity index (χ3v) is 7.54. The predicted octanol–water partition coefficient (Wildman–Crippen LogP) is -0.0235. The van der Waals surface area contributed by atoms with Crippen LogP contribution in [0.15, 0.2) is 0 Å². The van der Waals surface area contributed by atoms with Gasteiger partial charge < -0.3 is 0 Å². The molecule has 5 aliphatic heterocycles. The van der Waals surface area contributed by atoms with Crippen molar-refractivity contribution in [1.29, 1.82) is 0 Å². The molecule has 0 saturated carbocycles. The zero-order valence-corrected chi connectivity index (χ0v) is 16.7. The number of likely N-dealkylation sites (N-methyl/N-ethyl adjacent to an activating group) is 1. The maximum atomic E-state index is 4.04. The highest BCUT2D eigenvalue weighted by Gasteiger charge is 2.52. The second-order valence-corrected chi connectivity index (χ2v) is 9.36. The molecule has 26 heavy (non-hydrogen) atoms. The fraction of sp³-hybridized carbons (Fsp3) is 1.00. The van der Waals surface area contributed by atoms with Crippen molar-refractivity contribution in [3.63, 3.8) is 0 Å². The Morgan fingerprint density at radius 3 is 2.58 bits per heavy atom. The molecule has 0 aromatic heterocycles. The summed E-state index contributed by atoms with van der Waals surface area (Å²) in [6, 6.07) is 2.88. The molecule has 5 aliphatic rings. The van der Waals surface area contributed by atoms with Gasteiger partial charge in [-0.25, -0.2) is 15.4 Å². The lowest BCUT2D eigenvalue weighted by Crippen LogP contribution is -2.64. The molecule has 0 spiro atoms. The zero-order valence-electron chi connectivity index (χ0n) is 16.7. The van der Waals surface area contributed by atoms with Gasteiger partial charge in [-0.05, 0) is 53.0 Å². The Morgan fingerprint density at radius 2 is 1.77 bits per heavy atom. The van der Waals surface area contributed by atoms with Crippen molar-refractivity contribution in [2.24, 2.45) is 0 Å². The average molecular weight is 364 g/mol. The summed E-state index contributed by atoms with van der Waals surface area (Å²) in [6.07, 6.45) is 7.71. The van der Waals surface area contributed by atoms with Crippen molar-refractivity contribution in [2.75, 3.05) is 33.2 Å². The van der Waals surface area contributed by atoms with Crippen LogP contribution < -0.4 is 16.2 Å². The highest BCUT2D eigenvalue weighted by atomic mass is 15.6. The number of hydrogen-bond donors (Lipinski definition) is 3. The lowest BCUT2D eigenvalue weighted by molar-refractivity contribution is 0.00929. The minimum atomic E-state index is 0.554. The van der Waals surface area contributed by atoms with E-state index in [9.17, 15) is 0 Å². The van der Waals surface area contributed by atoms with Crippen molar-refractivity contribution >= 4 is 0 Å². The summed E-state index contributed by atoms with van der Waals surface area (Å²) in [5.74, 6) is 0. The summed E-state index contributed by atoms with van der Waals surface area (Å²) in [7, 11) is 2.27. The van der Waals surface area contributed by atoms with Crippen molar-refractivity contribution in [1.82, 2.24) is 36.0 Å². The molecule has 0 aromatic carbocycles. The van der Waals surface area contributed by atoms with Crippen molar-refractivity contribution < 1.29 is 0 Å². The smallest absolute Gasteiger partial charge is 0.0757 e. The van der Waals surface area contributed by atoms with Gasteiger partial charge in [0.15, 0.2) is 0 Å². The highest BCUT2D eigenvalue weighted by molar-refractivity contribution is 5.09. The first-order chi connectivity index (χ1) is 12.6. The van der Waals surface area contributed by atoms with Crippen LogP contribution in [0.4, 0.5) is 0 Å². The van der Waals surface area contributed by atoms with Crippen LogP contribution in [-0.4, -0.2) is 95.6 Å². The van der Waals surface area contributed by atoms with Crippen LogP contribution in [0.25, 0.3) is 0 Å². The molecule has 3 N–H and O–H groups in total. The fourth-order valence-corrected chi connectivity index (χ4v) is 6.16. The molecule has 5 fully saturated rings. The monoisotopic (exact) mass is 363 g/mol. The standard InChI is InChI=1S/C19H37N7/c1-13(2)25-10-8-14(21-25)18-19(24-9-4-5-16(24)20-18)15-6-7-17-23(3)11-12-26(17)22-15/h13-22H,4-12H2,1-3H3. The Hall–Kier alpha value is -0.280. The SMILES string of the molecule is CC(C)N1CCC(C2NC3CCCN3C2C2CCC3N(C)CCN3N2)N1. The van der Waals surface area contributed by atoms with E-state index in [4.69, 9.17) is 0 Å². The Balaban J connectivity index is 1.33. The molecule has 7 nitrogen and oxygen atoms in total. The molecule has 0 aromatic rings. The molecule has 5 heterocycles. The van der Waals surface area contributed by atoms with Gasteiger partial charge in [-0.3, -0.25) is 20.5 Å². The van der Waals surface area contributed by atoms with Crippen LogP contribution in [0.5, 0.6) is 0 Å². The molecule has 0 aliphatic carbocycles. The number of nitrogens with zero attached hydrogens (tertiary/aromatic N) is 4. The Labute approximate surface area is 158 Å². The lowest BCUT2D eigenvalue weighted by atomic mass is 9.90. The van der Waals surface area contributed by atoms with Crippen LogP contribution in [0.3, 0.4) is 0 Å². The molecule has 6 atom stereocenters. The molecule has 0 bridgehead atoms. The van der Waals surface area contributed by atoms with Crippen LogP contribution in [-0.2, 0) is 0 Å². The Morgan fingerprint density at radius 1 is 0.885 bits per heavy atom. The summed E-state index contributed by atoms with van der Waals surface area (Å²) in [4.78, 5) is 5.30. The predicted molar refractivity (Wildman–Crippen MR) is 103 cm³/mol. The second kappa shape index (κ2) is 6.95. The van der Waals surface area contributed by atoms with E-state index >= 15 is 0 Å². The average Bonchev–Trinajstić information content (AvgIpc) is 3.37. The minimum absolute atomic E-state index is 0.554. The number of rotatable bonds is 3. The molecule has 7 heteroatoms. The largest absolute Gasteiger partial charge is 0.296 e. The summed E-state index contributed by atoms with van der Waals surface area (Å²) in [5.41, 5.74) is 7.80. The summed E-state index contributed by atoms with van der Waals surface area (Å²) >= 11 is 0. The molecular formula is C19H37N7. The van der Waals surface area contributed by atoms with Crippen molar-refractivity contribution in [2.45, 2.75) is 88.5 Å². The van der Waals surface area contributed by atoms with Gasteiger partial charge in [0.25, 0.3) is 0 Å². The first-order valence-electron chi connectivity index (χ1n) is 10.9. The topological polar surface area (TPSA) is 49.1 Å². The first-order valence-corrected chi connectivity index (χ1v) is 10.9. The summed E-state index contributed by atoms with van der Waals surface area (Å²) < 4.78 is 0. The fourth-order valence-electron chi connectivity index (χ4n) is 6.16. The Bertz CT molecular complexity index is 514. The van der Waals surface area contributed by atoms with Crippen LogP contribution in [0.1, 0.15) is 46.0 Å². The van der Waals surface area contributed by atoms with Crippen LogP contribution >= 0.6 is 0 Å². The number of hydrazine groups is 2. The molecule has 148 valence electrons. The van der Waals surface area contributed by atoms with Gasteiger partial charge in [-0.1, -0.05) is 0 Å². The van der Waals surface area contributed by atoms with Crippen molar-refractivity contribution in [3.8, 4) is 0 Å². The molecule has 0 amide bonds. The maximum Gasteiger partial charge on any atom is 0.0757 e. The van der Waals surface area contributed by atoms with Crippen molar-refractivity contribution in [3.05, 3.63) is 0 Å². The van der Waals surface area contributed by atoms with Gasteiger partial charge in [-0.2, -0.15) is 0 Å². The Kier molecular flexibility index (Phi) is 4.76. The quantitative estimate of drug-likeness (QED) is 0.651. The van der Waals surface area contributed by atoms with Gasteiger partial charge in [0.2, 0.25) is 0 Å². The minimum Gasteiger partial charge on any atom is -0.296 e. The van der Waals surface area contributed by atoms with Gasteiger partial charge in [-0.15, -0.1) is 0 Å². The van der Waals surface area contributed by atoms with Gasteiger partial charge >= 0.3 is 0 Å². The normalized spacial score (nSPS) is 45.7. The third kappa shape index (κ3) is 2.92. The summed E-state index contributed by atoms with van der Waals surface area (Å²) in [6.45, 7) is 9.38. The molecule has 5 saturated heterocycles. The van der Waals surface area contributed by atoms with Gasteiger partial charge in [0.1, 0.15) is 0 Å². The highest BCUT2D eigenvalue weighted by Crippen LogP contribution is 2.35. The van der Waals surface area contributed by atoms with E-state index < -0.39 is 0 Å². The number of hydrogen-bond acceptors (Lipinski definition) is 7. The number of fused-ring (bicyclic) bond motifs is 2. The lowest BCUT2D eigenvalue weighted by Gasteiger charge is -2.44. The van der Waals surface area contributed by atoms with E-state index in [0.29, 0.717) is 42.5 Å². The van der Waals surface area contributed by atoms with E-state index in [1.165, 1.54) is 51.7 Å². The summed E-state index contributed by atoms with van der Waals surface area (Å²) in [5, 5.41) is 9.00. The van der Waals surface area contributed by atoms with Gasteiger partial charge in [0, 0.05) is 56.4 Å². The molecule has 5 rings (SSSR count). The molecular weight excluding hydrogens is 326 g/mol.